The van der Waals surface area contributed by atoms with Gasteiger partial charge in [-0.15, -0.1) is 0 Å². The van der Waals surface area contributed by atoms with Crippen molar-refractivity contribution in [1.82, 2.24) is 0 Å². The molecule has 2 aromatic carbocycles. The van der Waals surface area contributed by atoms with Crippen molar-refractivity contribution in [1.29, 1.82) is 0 Å². The number of hydrogen-bond donors (Lipinski definition) is 0. The number of carbonyl (C=O) groups is 2. The third-order valence-corrected chi connectivity index (χ3v) is 5.25. The Morgan fingerprint density at radius 1 is 1.03 bits per heavy atom. The molecule has 176 valence electrons. The van der Waals surface area contributed by atoms with Crippen LogP contribution in [0.15, 0.2) is 89.3 Å². The number of ether oxygens (including phenoxy) is 3. The van der Waals surface area contributed by atoms with E-state index < -0.39 is 17.7 Å². The van der Waals surface area contributed by atoms with E-state index in [0.29, 0.717) is 24.3 Å². The second-order valence-corrected chi connectivity index (χ2v) is 9.53. The third kappa shape index (κ3) is 7.78. The summed E-state index contributed by atoms with van der Waals surface area (Å²) in [5.74, 6) is -0.212. The van der Waals surface area contributed by atoms with Crippen LogP contribution in [0.3, 0.4) is 0 Å². The second kappa shape index (κ2) is 11.5. The van der Waals surface area contributed by atoms with E-state index in [-0.39, 0.29) is 11.3 Å². The normalized spacial score (nSPS) is 17.3. The number of hydrogen-bond acceptors (Lipinski definition) is 7. The first-order valence-corrected chi connectivity index (χ1v) is 11.6. The number of allylic oxidation sites excluding steroid dienone is 3. The number of carbonyl (C=O) groups excluding carboxylic acids is 2. The Morgan fingerprint density at radius 3 is 2.53 bits per heavy atom. The van der Waals surface area contributed by atoms with E-state index >= 15 is 0 Å². The van der Waals surface area contributed by atoms with Crippen molar-refractivity contribution in [2.24, 2.45) is 4.99 Å². The maximum absolute atomic E-state index is 13.3. The molecule has 1 aliphatic heterocycles. The zero-order chi connectivity index (χ0) is 24.6. The highest BCUT2D eigenvalue weighted by Gasteiger charge is 2.25. The molecule has 0 N–H and O–H groups in total. The van der Waals surface area contributed by atoms with Crippen LogP contribution in [-0.4, -0.2) is 29.3 Å². The summed E-state index contributed by atoms with van der Waals surface area (Å²) in [6, 6.07) is 13.7. The standard InChI is InChI=1S/C27H27NO5S/c1-19-12-7-6-10-17-28-23(34-19)18-20-13-11-16-22(32-26(30)33-27(2,3)4)24(20)25(29)31-21-14-8-5-9-15-21/h5-16H,1,17-18H2,2-4H3/b10-6-,12-7-,28-23-. The van der Waals surface area contributed by atoms with Gasteiger partial charge in [0.15, 0.2) is 0 Å². The van der Waals surface area contributed by atoms with E-state index in [1.165, 1.54) is 17.8 Å². The fourth-order valence-corrected chi connectivity index (χ4v) is 3.79. The first-order valence-electron chi connectivity index (χ1n) is 10.7. The topological polar surface area (TPSA) is 74.2 Å². The summed E-state index contributed by atoms with van der Waals surface area (Å²) in [6.07, 6.45) is 7.07. The quantitative estimate of drug-likeness (QED) is 0.277. The molecule has 0 aromatic heterocycles. The van der Waals surface area contributed by atoms with Gasteiger partial charge < -0.3 is 14.2 Å². The summed E-state index contributed by atoms with van der Waals surface area (Å²) in [5.41, 5.74) is -0.00545. The van der Waals surface area contributed by atoms with Gasteiger partial charge in [-0.1, -0.05) is 66.9 Å². The largest absolute Gasteiger partial charge is 0.514 e. The van der Waals surface area contributed by atoms with Gasteiger partial charge in [0, 0.05) is 11.3 Å². The molecule has 6 nitrogen and oxygen atoms in total. The van der Waals surface area contributed by atoms with Gasteiger partial charge in [-0.05, 0) is 50.6 Å². The number of para-hydroxylation sites is 1. The molecule has 0 saturated carbocycles. The van der Waals surface area contributed by atoms with Gasteiger partial charge in [0.1, 0.15) is 22.7 Å². The number of rotatable bonds is 5. The highest BCUT2D eigenvalue weighted by molar-refractivity contribution is 8.17. The molecule has 7 heteroatoms. The second-order valence-electron chi connectivity index (χ2n) is 8.33. The Labute approximate surface area is 204 Å². The molecule has 0 bridgehead atoms. The fraction of sp³-hybridized carbons (Fsp3) is 0.222. The smallest absolute Gasteiger partial charge is 0.428 e. The van der Waals surface area contributed by atoms with Crippen molar-refractivity contribution in [2.75, 3.05) is 6.54 Å². The number of aliphatic imine (C=N–C) groups is 1. The minimum absolute atomic E-state index is 0.0555. The fourth-order valence-electron chi connectivity index (χ4n) is 2.98. The molecule has 0 atom stereocenters. The van der Waals surface area contributed by atoms with E-state index in [0.717, 1.165) is 9.95 Å². The maximum atomic E-state index is 13.3. The van der Waals surface area contributed by atoms with Gasteiger partial charge in [0.2, 0.25) is 0 Å². The molecule has 34 heavy (non-hydrogen) atoms. The zero-order valence-electron chi connectivity index (χ0n) is 19.4. The molecule has 0 saturated heterocycles. The SMILES string of the molecule is C=C1/C=C\C=C/C/N=C(/Cc2cccc(OC(=O)OC(C)(C)C)c2C(=O)Oc2ccccc2)S1. The monoisotopic (exact) mass is 477 g/mol. The van der Waals surface area contributed by atoms with Crippen LogP contribution in [0.25, 0.3) is 0 Å². The van der Waals surface area contributed by atoms with Crippen LogP contribution < -0.4 is 9.47 Å². The van der Waals surface area contributed by atoms with Crippen LogP contribution >= 0.6 is 11.8 Å². The van der Waals surface area contributed by atoms with E-state index in [1.54, 1.807) is 57.2 Å². The van der Waals surface area contributed by atoms with Gasteiger partial charge in [0.25, 0.3) is 0 Å². The maximum Gasteiger partial charge on any atom is 0.514 e. The van der Waals surface area contributed by atoms with Gasteiger partial charge in [-0.3, -0.25) is 4.99 Å². The number of nitrogens with zero attached hydrogens (tertiary/aromatic N) is 1. The van der Waals surface area contributed by atoms with Crippen LogP contribution in [0.1, 0.15) is 36.7 Å². The Kier molecular flexibility index (Phi) is 8.49. The van der Waals surface area contributed by atoms with Crippen molar-refractivity contribution in [3.63, 3.8) is 0 Å². The minimum atomic E-state index is -0.906. The van der Waals surface area contributed by atoms with Gasteiger partial charge in [-0.2, -0.15) is 0 Å². The highest BCUT2D eigenvalue weighted by atomic mass is 32.2. The summed E-state index contributed by atoms with van der Waals surface area (Å²) in [7, 11) is 0. The molecular formula is C27H27NO5S. The highest BCUT2D eigenvalue weighted by Crippen LogP contribution is 2.29. The summed E-state index contributed by atoms with van der Waals surface area (Å²) < 4.78 is 16.3. The van der Waals surface area contributed by atoms with E-state index in [2.05, 4.69) is 11.6 Å². The third-order valence-electron chi connectivity index (χ3n) is 4.35. The average Bonchev–Trinajstić information content (AvgIpc) is 2.85. The van der Waals surface area contributed by atoms with Crippen LogP contribution in [0.4, 0.5) is 4.79 Å². The molecule has 0 amide bonds. The van der Waals surface area contributed by atoms with Gasteiger partial charge in [0.05, 0.1) is 11.6 Å². The number of esters is 1. The van der Waals surface area contributed by atoms with Crippen molar-refractivity contribution in [3.05, 3.63) is 95.4 Å². The molecule has 1 aliphatic rings. The van der Waals surface area contributed by atoms with Crippen LogP contribution in [0.2, 0.25) is 0 Å². The first-order chi connectivity index (χ1) is 16.2. The summed E-state index contributed by atoms with van der Waals surface area (Å²) in [5, 5.41) is 0.768. The van der Waals surface area contributed by atoms with E-state index in [9.17, 15) is 9.59 Å². The van der Waals surface area contributed by atoms with Crippen molar-refractivity contribution < 1.29 is 23.8 Å². The summed E-state index contributed by atoms with van der Waals surface area (Å²) in [4.78, 5) is 31.1. The minimum Gasteiger partial charge on any atom is -0.428 e. The molecule has 0 unspecified atom stereocenters. The Morgan fingerprint density at radius 2 is 1.79 bits per heavy atom. The average molecular weight is 478 g/mol. The molecule has 0 aliphatic carbocycles. The molecule has 2 aromatic rings. The van der Waals surface area contributed by atoms with E-state index in [4.69, 9.17) is 14.2 Å². The van der Waals surface area contributed by atoms with Gasteiger partial charge in [-0.25, -0.2) is 9.59 Å². The Hall–Kier alpha value is -3.58. The lowest BCUT2D eigenvalue weighted by molar-refractivity contribution is 0.0204. The molecule has 0 radical (unpaired) electrons. The van der Waals surface area contributed by atoms with Crippen molar-refractivity contribution in [2.45, 2.75) is 32.8 Å². The lowest BCUT2D eigenvalue weighted by Gasteiger charge is -2.20. The molecular weight excluding hydrogens is 450 g/mol. The molecule has 3 rings (SSSR count). The lowest BCUT2D eigenvalue weighted by atomic mass is 10.0. The van der Waals surface area contributed by atoms with Crippen LogP contribution in [0.5, 0.6) is 11.5 Å². The zero-order valence-corrected chi connectivity index (χ0v) is 20.3. The lowest BCUT2D eigenvalue weighted by Crippen LogP contribution is -2.27. The van der Waals surface area contributed by atoms with Crippen molar-refractivity contribution >= 4 is 28.9 Å². The van der Waals surface area contributed by atoms with Crippen molar-refractivity contribution in [3.8, 4) is 11.5 Å². The van der Waals surface area contributed by atoms with E-state index in [1.807, 2.05) is 30.4 Å². The van der Waals surface area contributed by atoms with Crippen LogP contribution in [0, 0.1) is 0 Å². The Balaban J connectivity index is 1.96. The summed E-state index contributed by atoms with van der Waals surface area (Å²) >= 11 is 1.42. The molecule has 0 spiro atoms. The first kappa shape index (κ1) is 25.1. The predicted octanol–water partition coefficient (Wildman–Crippen LogP) is 6.53. The molecule has 1 heterocycles. The summed E-state index contributed by atoms with van der Waals surface area (Å²) in [6.45, 7) is 9.74. The molecule has 0 fully saturated rings. The predicted molar refractivity (Wildman–Crippen MR) is 136 cm³/mol. The van der Waals surface area contributed by atoms with Crippen LogP contribution in [-0.2, 0) is 11.2 Å². The Bertz CT molecular complexity index is 1140. The number of thioether (sulfide) groups is 1. The van der Waals surface area contributed by atoms with Gasteiger partial charge >= 0.3 is 12.1 Å². The number of benzene rings is 2.